The van der Waals surface area contributed by atoms with E-state index < -0.39 is 26.8 Å². The number of hydrogen-bond acceptors (Lipinski definition) is 5. The highest BCUT2D eigenvalue weighted by Crippen LogP contribution is 2.22. The smallest absolute Gasteiger partial charge is 0.307 e. The first-order valence-electron chi connectivity index (χ1n) is 5.62. The zero-order chi connectivity index (χ0) is 15.5. The largest absolute Gasteiger partial charge is 0.481 e. The maximum absolute atomic E-state index is 11.9. The lowest BCUT2D eigenvalue weighted by molar-refractivity contribution is -0.385. The minimum atomic E-state index is -3.98. The molecule has 9 heteroatoms. The van der Waals surface area contributed by atoms with Gasteiger partial charge >= 0.3 is 5.97 Å². The Morgan fingerprint density at radius 1 is 1.50 bits per heavy atom. The molecule has 0 aliphatic heterocycles. The minimum Gasteiger partial charge on any atom is -0.481 e. The van der Waals surface area contributed by atoms with Gasteiger partial charge in [0.25, 0.3) is 5.69 Å². The summed E-state index contributed by atoms with van der Waals surface area (Å²) in [4.78, 5) is 20.4. The number of benzene rings is 1. The number of nitrogens with one attached hydrogen (secondary N) is 1. The molecule has 0 amide bonds. The average molecular weight is 302 g/mol. The van der Waals surface area contributed by atoms with E-state index in [0.29, 0.717) is 5.56 Å². The van der Waals surface area contributed by atoms with Crippen molar-refractivity contribution < 1.29 is 23.2 Å². The number of sulfonamides is 1. The first-order valence-corrected chi connectivity index (χ1v) is 7.11. The number of hydrogen-bond donors (Lipinski definition) is 2. The number of nitro groups is 1. The van der Waals surface area contributed by atoms with E-state index in [1.54, 1.807) is 0 Å². The standard InChI is InChI=1S/C11H14N2O6S/c1-7-3-4-9(5-10(7)13(16)17)20(18,19)12-6-8(2)11(14)15/h3-5,8,12H,6H2,1-2H3,(H,14,15). The van der Waals surface area contributed by atoms with Gasteiger partial charge in [-0.25, -0.2) is 13.1 Å². The molecule has 0 radical (unpaired) electrons. The summed E-state index contributed by atoms with van der Waals surface area (Å²) in [5, 5.41) is 19.4. The Morgan fingerprint density at radius 3 is 2.60 bits per heavy atom. The molecule has 1 atom stereocenters. The summed E-state index contributed by atoms with van der Waals surface area (Å²) in [5.74, 6) is -2.03. The number of aryl methyl sites for hydroxylation is 1. The SMILES string of the molecule is Cc1ccc(S(=O)(=O)NCC(C)C(=O)O)cc1[N+](=O)[O-]. The summed E-state index contributed by atoms with van der Waals surface area (Å²) in [5.41, 5.74) is 0.0343. The zero-order valence-corrected chi connectivity index (χ0v) is 11.7. The molecule has 8 nitrogen and oxygen atoms in total. The molecule has 1 unspecified atom stereocenters. The average Bonchev–Trinajstić information content (AvgIpc) is 2.35. The Labute approximate surface area is 115 Å². The van der Waals surface area contributed by atoms with Crippen molar-refractivity contribution in [1.82, 2.24) is 4.72 Å². The van der Waals surface area contributed by atoms with Crippen LogP contribution < -0.4 is 4.72 Å². The first kappa shape index (κ1) is 16.1. The third-order valence-electron chi connectivity index (χ3n) is 2.69. The number of aliphatic carboxylic acids is 1. The van der Waals surface area contributed by atoms with Crippen LogP contribution in [0.25, 0.3) is 0 Å². The number of rotatable bonds is 6. The predicted molar refractivity (Wildman–Crippen MR) is 69.8 cm³/mol. The second kappa shape index (κ2) is 5.97. The van der Waals surface area contributed by atoms with Crippen LogP contribution in [0.2, 0.25) is 0 Å². The third kappa shape index (κ3) is 3.75. The van der Waals surface area contributed by atoms with Crippen molar-refractivity contribution in [2.45, 2.75) is 18.7 Å². The molecule has 20 heavy (non-hydrogen) atoms. The van der Waals surface area contributed by atoms with E-state index in [1.807, 2.05) is 0 Å². The summed E-state index contributed by atoms with van der Waals surface area (Å²) < 4.78 is 25.9. The van der Waals surface area contributed by atoms with Gasteiger partial charge in [-0.15, -0.1) is 0 Å². The molecular formula is C11H14N2O6S. The zero-order valence-electron chi connectivity index (χ0n) is 10.9. The first-order chi connectivity index (χ1) is 9.15. The Hall–Kier alpha value is -2.00. The van der Waals surface area contributed by atoms with Gasteiger partial charge in [0.1, 0.15) is 0 Å². The van der Waals surface area contributed by atoms with E-state index in [9.17, 15) is 23.3 Å². The molecule has 0 aromatic heterocycles. The maximum atomic E-state index is 11.9. The van der Waals surface area contributed by atoms with Gasteiger partial charge in [0.05, 0.1) is 15.7 Å². The van der Waals surface area contributed by atoms with Crippen LogP contribution in [-0.2, 0) is 14.8 Å². The highest BCUT2D eigenvalue weighted by atomic mass is 32.2. The predicted octanol–water partition coefficient (Wildman–Crippen LogP) is 0.902. The van der Waals surface area contributed by atoms with E-state index in [-0.39, 0.29) is 17.1 Å². The number of carboxylic acid groups (broad SMARTS) is 1. The van der Waals surface area contributed by atoms with Gasteiger partial charge in [-0.2, -0.15) is 0 Å². The van der Waals surface area contributed by atoms with Crippen LogP contribution in [0.5, 0.6) is 0 Å². The lowest BCUT2D eigenvalue weighted by Crippen LogP contribution is -2.31. The molecule has 0 spiro atoms. The minimum absolute atomic E-state index is 0.271. The van der Waals surface area contributed by atoms with Crippen LogP contribution in [-0.4, -0.2) is 31.0 Å². The monoisotopic (exact) mass is 302 g/mol. The molecule has 2 N–H and O–H groups in total. The van der Waals surface area contributed by atoms with Crippen LogP contribution in [0.3, 0.4) is 0 Å². The summed E-state index contributed by atoms with van der Waals surface area (Å²) in [7, 11) is -3.98. The fourth-order valence-electron chi connectivity index (χ4n) is 1.36. The maximum Gasteiger partial charge on any atom is 0.307 e. The second-order valence-electron chi connectivity index (χ2n) is 4.30. The summed E-state index contributed by atoms with van der Waals surface area (Å²) in [6, 6.07) is 3.51. The van der Waals surface area contributed by atoms with Gasteiger partial charge in [0, 0.05) is 18.2 Å². The van der Waals surface area contributed by atoms with Gasteiger partial charge in [-0.1, -0.05) is 13.0 Å². The molecular weight excluding hydrogens is 288 g/mol. The van der Waals surface area contributed by atoms with Crippen molar-refractivity contribution in [2.24, 2.45) is 5.92 Å². The lowest BCUT2D eigenvalue weighted by Gasteiger charge is -2.09. The van der Waals surface area contributed by atoms with Crippen molar-refractivity contribution in [1.29, 1.82) is 0 Å². The molecule has 0 aliphatic carbocycles. The topological polar surface area (TPSA) is 127 Å². The molecule has 1 rings (SSSR count). The molecule has 0 saturated heterocycles. The van der Waals surface area contributed by atoms with E-state index >= 15 is 0 Å². The van der Waals surface area contributed by atoms with Crippen molar-refractivity contribution in [2.75, 3.05) is 6.54 Å². The molecule has 0 aliphatic rings. The van der Waals surface area contributed by atoms with Gasteiger partial charge in [0.15, 0.2) is 0 Å². The fraction of sp³-hybridized carbons (Fsp3) is 0.364. The van der Waals surface area contributed by atoms with Gasteiger partial charge < -0.3 is 5.11 Å². The van der Waals surface area contributed by atoms with Gasteiger partial charge in [-0.3, -0.25) is 14.9 Å². The Morgan fingerprint density at radius 2 is 2.10 bits per heavy atom. The molecule has 0 saturated carbocycles. The molecule has 0 heterocycles. The highest BCUT2D eigenvalue weighted by molar-refractivity contribution is 7.89. The summed E-state index contributed by atoms with van der Waals surface area (Å²) in [6.45, 7) is 2.55. The van der Waals surface area contributed by atoms with Gasteiger partial charge in [-0.05, 0) is 13.0 Å². The van der Waals surface area contributed by atoms with Crippen LogP contribution in [0.15, 0.2) is 23.1 Å². The van der Waals surface area contributed by atoms with Crippen molar-refractivity contribution >= 4 is 21.7 Å². The molecule has 0 bridgehead atoms. The highest BCUT2D eigenvalue weighted by Gasteiger charge is 2.21. The fourth-order valence-corrected chi connectivity index (χ4v) is 2.51. The van der Waals surface area contributed by atoms with Crippen LogP contribution in [0.1, 0.15) is 12.5 Å². The van der Waals surface area contributed by atoms with Crippen molar-refractivity contribution in [3.05, 3.63) is 33.9 Å². The summed E-state index contributed by atoms with van der Waals surface area (Å²) in [6.07, 6.45) is 0. The van der Waals surface area contributed by atoms with E-state index in [1.165, 1.54) is 26.0 Å². The van der Waals surface area contributed by atoms with Crippen LogP contribution >= 0.6 is 0 Å². The molecule has 1 aromatic rings. The Balaban J connectivity index is 3.01. The number of nitrogens with zero attached hydrogens (tertiary/aromatic N) is 1. The number of carboxylic acids is 1. The molecule has 0 fully saturated rings. The Kier molecular flexibility index (Phi) is 4.79. The van der Waals surface area contributed by atoms with Crippen LogP contribution in [0, 0.1) is 23.0 Å². The van der Waals surface area contributed by atoms with E-state index in [0.717, 1.165) is 6.07 Å². The number of nitro benzene ring substituents is 1. The van der Waals surface area contributed by atoms with E-state index in [2.05, 4.69) is 4.72 Å². The lowest BCUT2D eigenvalue weighted by atomic mass is 10.2. The third-order valence-corrected chi connectivity index (χ3v) is 4.11. The van der Waals surface area contributed by atoms with E-state index in [4.69, 9.17) is 5.11 Å². The second-order valence-corrected chi connectivity index (χ2v) is 6.06. The quantitative estimate of drug-likeness (QED) is 0.593. The summed E-state index contributed by atoms with van der Waals surface area (Å²) >= 11 is 0. The van der Waals surface area contributed by atoms with Crippen LogP contribution in [0.4, 0.5) is 5.69 Å². The van der Waals surface area contributed by atoms with Crippen molar-refractivity contribution in [3.8, 4) is 0 Å². The number of carbonyl (C=O) groups is 1. The van der Waals surface area contributed by atoms with Crippen molar-refractivity contribution in [3.63, 3.8) is 0 Å². The molecule has 110 valence electrons. The molecule has 1 aromatic carbocycles. The normalized spacial score (nSPS) is 12.9. The Bertz CT molecular complexity index is 640. The van der Waals surface area contributed by atoms with Gasteiger partial charge in [0.2, 0.25) is 10.0 Å².